The molecule has 3 fully saturated rings. The molecule has 1 amide bonds. The minimum absolute atomic E-state index is 0.0424. The number of hydrogen-bond acceptors (Lipinski definition) is 6. The normalized spacial score (nSPS) is 47.4. The van der Waals surface area contributed by atoms with E-state index in [4.69, 9.17) is 4.74 Å². The van der Waals surface area contributed by atoms with Gasteiger partial charge in [-0.3, -0.25) is 0 Å². The van der Waals surface area contributed by atoms with E-state index in [0.717, 1.165) is 19.3 Å². The molecule has 5 aliphatic carbocycles. The Hall–Kier alpha value is -1.41. The third kappa shape index (κ3) is 2.98. The van der Waals surface area contributed by atoms with Gasteiger partial charge in [-0.15, -0.1) is 0 Å². The summed E-state index contributed by atoms with van der Waals surface area (Å²) in [6, 6.07) is 0. The summed E-state index contributed by atoms with van der Waals surface area (Å²) >= 11 is 0. The van der Waals surface area contributed by atoms with Crippen LogP contribution in [0.25, 0.3) is 0 Å². The maximum atomic E-state index is 13.0. The van der Waals surface area contributed by atoms with Gasteiger partial charge in [-0.25, -0.2) is 4.79 Å². The van der Waals surface area contributed by atoms with Crippen LogP contribution in [0, 0.1) is 40.4 Å². The summed E-state index contributed by atoms with van der Waals surface area (Å²) in [6.07, 6.45) is 2.54. The molecule has 1 unspecified atom stereocenters. The zero-order valence-corrected chi connectivity index (χ0v) is 20.4. The molecule has 0 aliphatic heterocycles. The van der Waals surface area contributed by atoms with Gasteiger partial charge < -0.3 is 30.1 Å². The topological polar surface area (TPSA) is 110 Å². The Morgan fingerprint density at radius 1 is 1.27 bits per heavy atom. The predicted octanol–water partition coefficient (Wildman–Crippen LogP) is 2.09. The third-order valence-corrected chi connectivity index (χ3v) is 9.92. The minimum atomic E-state index is -1.98. The Morgan fingerprint density at radius 2 is 1.94 bits per heavy atom. The third-order valence-electron chi connectivity index (χ3n) is 9.92. The zero-order chi connectivity index (χ0) is 24.1. The summed E-state index contributed by atoms with van der Waals surface area (Å²) in [5.74, 6) is 0.592. The van der Waals surface area contributed by atoms with Crippen molar-refractivity contribution in [3.8, 4) is 0 Å². The summed E-state index contributed by atoms with van der Waals surface area (Å²) in [4.78, 5) is 14.5. The highest BCUT2D eigenvalue weighted by molar-refractivity contribution is 5.68. The zero-order valence-electron chi connectivity index (χ0n) is 20.4. The molecule has 0 saturated heterocycles. The molecular formula is C26H39NO6. The standard InChI is InChI=1S/C26H39NO6/c1-13-10-25-14(2)8-18-19(24(18,3)4)17(21(25)30)9-16(12-28)20(29)26(25,32)22(13)33-23(31)27(5)11-15-6-7-15/h9-10,14-15,17-22,28-30,32H,6-8,11-12H2,1-5H3/t14-,17+,18-,19+,20-,21?,22+,25+,26+/m1/s1. The van der Waals surface area contributed by atoms with Gasteiger partial charge in [0.1, 0.15) is 11.7 Å². The van der Waals surface area contributed by atoms with Crippen molar-refractivity contribution in [2.45, 2.75) is 70.9 Å². The Labute approximate surface area is 196 Å². The molecule has 0 heterocycles. The van der Waals surface area contributed by atoms with Gasteiger partial charge in [0, 0.05) is 19.5 Å². The number of nitrogens with zero attached hydrogens (tertiary/aromatic N) is 1. The fraction of sp³-hybridized carbons (Fsp3) is 0.808. The molecule has 7 heteroatoms. The average Bonchev–Trinajstić information content (AvgIpc) is 3.65. The van der Waals surface area contributed by atoms with Crippen molar-refractivity contribution in [3.05, 3.63) is 23.3 Å². The van der Waals surface area contributed by atoms with Gasteiger partial charge in [0.25, 0.3) is 0 Å². The van der Waals surface area contributed by atoms with Crippen molar-refractivity contribution in [1.82, 2.24) is 4.90 Å². The summed E-state index contributed by atoms with van der Waals surface area (Å²) < 4.78 is 5.90. The summed E-state index contributed by atoms with van der Waals surface area (Å²) in [7, 11) is 1.69. The molecule has 0 aromatic carbocycles. The molecule has 9 atom stereocenters. The van der Waals surface area contributed by atoms with Crippen LogP contribution >= 0.6 is 0 Å². The van der Waals surface area contributed by atoms with Gasteiger partial charge in [0.05, 0.1) is 18.1 Å². The van der Waals surface area contributed by atoms with Gasteiger partial charge in [-0.1, -0.05) is 32.9 Å². The van der Waals surface area contributed by atoms with Crippen molar-refractivity contribution >= 4 is 6.09 Å². The number of aliphatic hydroxyl groups excluding tert-OH is 3. The highest BCUT2D eigenvalue weighted by Crippen LogP contribution is 2.72. The van der Waals surface area contributed by atoms with Gasteiger partial charge in [-0.05, 0) is 66.4 Å². The summed E-state index contributed by atoms with van der Waals surface area (Å²) in [5.41, 5.74) is -2.22. The van der Waals surface area contributed by atoms with Crippen molar-refractivity contribution < 1.29 is 30.0 Å². The van der Waals surface area contributed by atoms with Crippen molar-refractivity contribution in [2.75, 3.05) is 20.2 Å². The van der Waals surface area contributed by atoms with Crippen LogP contribution in [0.15, 0.2) is 23.3 Å². The van der Waals surface area contributed by atoms with E-state index in [9.17, 15) is 25.2 Å². The first-order valence-corrected chi connectivity index (χ1v) is 12.4. The summed E-state index contributed by atoms with van der Waals surface area (Å²) in [6.45, 7) is 8.38. The fourth-order valence-corrected chi connectivity index (χ4v) is 7.86. The lowest BCUT2D eigenvalue weighted by Gasteiger charge is -2.52. The molecule has 0 aromatic rings. The van der Waals surface area contributed by atoms with Crippen LogP contribution in [0.4, 0.5) is 4.79 Å². The maximum Gasteiger partial charge on any atom is 0.410 e. The maximum absolute atomic E-state index is 13.0. The number of rotatable bonds is 4. The first-order chi connectivity index (χ1) is 15.4. The second-order valence-corrected chi connectivity index (χ2v) is 12.1. The fourth-order valence-electron chi connectivity index (χ4n) is 7.86. The van der Waals surface area contributed by atoms with Crippen molar-refractivity contribution in [1.29, 1.82) is 0 Å². The predicted molar refractivity (Wildman–Crippen MR) is 122 cm³/mol. The molecular weight excluding hydrogens is 422 g/mol. The van der Waals surface area contributed by atoms with E-state index in [0.29, 0.717) is 24.0 Å². The van der Waals surface area contributed by atoms with E-state index in [1.54, 1.807) is 20.0 Å². The van der Waals surface area contributed by atoms with Crippen molar-refractivity contribution in [3.63, 3.8) is 0 Å². The van der Waals surface area contributed by atoms with E-state index in [1.165, 1.54) is 4.90 Å². The van der Waals surface area contributed by atoms with E-state index < -0.39 is 42.0 Å². The number of carbonyl (C=O) groups excluding carboxylic acids is 1. The van der Waals surface area contributed by atoms with E-state index in [1.807, 2.05) is 13.0 Å². The number of fused-ring (bicyclic) bond motifs is 3. The molecule has 2 bridgehead atoms. The van der Waals surface area contributed by atoms with Crippen LogP contribution in [0.1, 0.15) is 47.0 Å². The SMILES string of the molecule is CC1=C[C@]23C(O)[C@@H](C=C(CO)[C@@H](O)[C@]2(O)[C@H]1OC(=O)N(C)CC1CC1)[C@H]1[C@@H](C[C@H]3C)C1(C)C. The smallest absolute Gasteiger partial charge is 0.410 e. The second-order valence-electron chi connectivity index (χ2n) is 12.1. The van der Waals surface area contributed by atoms with Gasteiger partial charge in [0.2, 0.25) is 0 Å². The molecule has 184 valence electrons. The van der Waals surface area contributed by atoms with Crippen LogP contribution in [-0.4, -0.2) is 75.5 Å². The second kappa shape index (κ2) is 7.30. The Morgan fingerprint density at radius 3 is 2.55 bits per heavy atom. The molecule has 7 nitrogen and oxygen atoms in total. The molecule has 5 rings (SSSR count). The van der Waals surface area contributed by atoms with Crippen LogP contribution in [0.5, 0.6) is 0 Å². The monoisotopic (exact) mass is 461 g/mol. The van der Waals surface area contributed by atoms with Crippen LogP contribution < -0.4 is 0 Å². The van der Waals surface area contributed by atoms with Gasteiger partial charge in [0.15, 0.2) is 6.10 Å². The Bertz CT molecular complexity index is 908. The lowest BCUT2D eigenvalue weighted by molar-refractivity contribution is -0.216. The molecule has 33 heavy (non-hydrogen) atoms. The number of hydrogen-bond donors (Lipinski definition) is 4. The molecule has 4 N–H and O–H groups in total. The van der Waals surface area contributed by atoms with E-state index >= 15 is 0 Å². The van der Waals surface area contributed by atoms with Crippen LogP contribution in [0.3, 0.4) is 0 Å². The van der Waals surface area contributed by atoms with Crippen molar-refractivity contribution in [2.24, 2.45) is 40.4 Å². The highest BCUT2D eigenvalue weighted by Gasteiger charge is 2.76. The quantitative estimate of drug-likeness (QED) is 0.477. The van der Waals surface area contributed by atoms with Gasteiger partial charge >= 0.3 is 6.09 Å². The Balaban J connectivity index is 1.58. The highest BCUT2D eigenvalue weighted by atomic mass is 16.6. The first kappa shape index (κ1) is 23.3. The Kier molecular flexibility index (Phi) is 5.16. The van der Waals surface area contributed by atoms with Crippen LogP contribution in [-0.2, 0) is 4.74 Å². The number of carbonyl (C=O) groups is 1. The number of amides is 1. The largest absolute Gasteiger partial charge is 0.438 e. The first-order valence-electron chi connectivity index (χ1n) is 12.4. The molecule has 0 aromatic heterocycles. The molecule has 1 spiro atoms. The minimum Gasteiger partial charge on any atom is -0.438 e. The van der Waals surface area contributed by atoms with Gasteiger partial charge in [-0.2, -0.15) is 0 Å². The number of aliphatic hydroxyl groups is 4. The summed E-state index contributed by atoms with van der Waals surface area (Å²) in [5, 5.41) is 46.0. The molecule has 5 aliphatic rings. The van der Waals surface area contributed by atoms with E-state index in [-0.39, 0.29) is 28.7 Å². The van der Waals surface area contributed by atoms with E-state index in [2.05, 4.69) is 13.8 Å². The van der Waals surface area contributed by atoms with Crippen LogP contribution in [0.2, 0.25) is 0 Å². The molecule has 3 saturated carbocycles. The molecule has 0 radical (unpaired) electrons. The lowest BCUT2D eigenvalue weighted by atomic mass is 9.58. The average molecular weight is 462 g/mol. The number of ether oxygens (including phenoxy) is 1. The lowest BCUT2D eigenvalue weighted by Crippen LogP contribution is -2.67.